The second kappa shape index (κ2) is 12.8. The summed E-state index contributed by atoms with van der Waals surface area (Å²) in [5.41, 5.74) is 1.30. The summed E-state index contributed by atoms with van der Waals surface area (Å²) >= 11 is 0. The van der Waals surface area contributed by atoms with Crippen LogP contribution in [0, 0.1) is 0 Å². The number of ether oxygens (including phenoxy) is 1. The van der Waals surface area contributed by atoms with E-state index in [9.17, 15) is 37.5 Å². The van der Waals surface area contributed by atoms with E-state index in [1.54, 1.807) is 24.3 Å². The highest BCUT2D eigenvalue weighted by Gasteiger charge is 2.31. The first-order valence-electron chi connectivity index (χ1n) is 12.6. The number of carboxylic acids is 1. The summed E-state index contributed by atoms with van der Waals surface area (Å²) in [6, 6.07) is 16.5. The summed E-state index contributed by atoms with van der Waals surface area (Å²) in [6.45, 7) is 5.51. The number of hydrogen-bond acceptors (Lipinski definition) is 6. The number of alkyl halides is 3. The molecule has 1 atom stereocenters. The number of Topliss-reactive ketones (excluding diaryl/α,β-unsaturated/α-hetero) is 1. The zero-order valence-corrected chi connectivity index (χ0v) is 22.9. The van der Waals surface area contributed by atoms with E-state index in [1.807, 2.05) is 20.8 Å². The van der Waals surface area contributed by atoms with Crippen molar-refractivity contribution in [1.82, 2.24) is 5.32 Å². The predicted octanol–water partition coefficient (Wildman–Crippen LogP) is 5.21. The molecule has 1 amide bonds. The zero-order valence-electron chi connectivity index (χ0n) is 22.9. The average molecular weight is 584 g/mol. The number of amides is 1. The molecule has 0 spiro atoms. The van der Waals surface area contributed by atoms with Crippen LogP contribution in [0.1, 0.15) is 63.0 Å². The van der Waals surface area contributed by atoms with Crippen LogP contribution in [0.5, 0.6) is 5.75 Å². The fourth-order valence-corrected chi connectivity index (χ4v) is 3.77. The molecule has 0 aromatic heterocycles. The van der Waals surface area contributed by atoms with Crippen LogP contribution in [0.3, 0.4) is 0 Å². The van der Waals surface area contributed by atoms with Crippen molar-refractivity contribution in [2.45, 2.75) is 38.7 Å². The van der Waals surface area contributed by atoms with Crippen molar-refractivity contribution in [2.75, 3.05) is 6.54 Å². The van der Waals surface area contributed by atoms with Gasteiger partial charge >= 0.3 is 12.3 Å². The lowest BCUT2D eigenvalue weighted by Crippen LogP contribution is -2.36. The van der Waals surface area contributed by atoms with E-state index in [4.69, 9.17) is 5.11 Å². The lowest BCUT2D eigenvalue weighted by molar-refractivity contribution is -0.274. The molecule has 3 rings (SSSR count). The van der Waals surface area contributed by atoms with Crippen LogP contribution in [0.15, 0.2) is 78.9 Å². The minimum atomic E-state index is -4.91. The van der Waals surface area contributed by atoms with Gasteiger partial charge in [-0.05, 0) is 46.9 Å². The first-order valence-corrected chi connectivity index (χ1v) is 12.6. The van der Waals surface area contributed by atoms with Gasteiger partial charge < -0.3 is 20.3 Å². The Morgan fingerprint density at radius 3 is 1.81 bits per heavy atom. The highest BCUT2D eigenvalue weighted by molar-refractivity contribution is 6.32. The van der Waals surface area contributed by atoms with Gasteiger partial charge in [0.05, 0.1) is 6.54 Å². The van der Waals surface area contributed by atoms with E-state index in [0.29, 0.717) is 5.56 Å². The van der Waals surface area contributed by atoms with E-state index in [1.165, 1.54) is 36.4 Å². The molecule has 0 aliphatic carbocycles. The molecule has 8 nitrogen and oxygen atoms in total. The molecule has 3 N–H and O–H groups in total. The van der Waals surface area contributed by atoms with Crippen LogP contribution in [0.4, 0.5) is 13.2 Å². The van der Waals surface area contributed by atoms with Crippen LogP contribution in [0.25, 0.3) is 5.57 Å². The fourth-order valence-electron chi connectivity index (χ4n) is 3.77. The van der Waals surface area contributed by atoms with Gasteiger partial charge in [0.2, 0.25) is 0 Å². The molecule has 0 heterocycles. The van der Waals surface area contributed by atoms with Gasteiger partial charge in [-0.15, -0.1) is 13.2 Å². The number of aliphatic hydroxyl groups is 1. The van der Waals surface area contributed by atoms with E-state index in [0.717, 1.165) is 23.8 Å². The number of carbonyl (C=O) groups is 4. The number of aliphatic hydroxyl groups excluding tert-OH is 1. The van der Waals surface area contributed by atoms with Crippen molar-refractivity contribution in [1.29, 1.82) is 0 Å². The van der Waals surface area contributed by atoms with Crippen LogP contribution < -0.4 is 10.1 Å². The van der Waals surface area contributed by atoms with Crippen molar-refractivity contribution < 1.29 is 47.3 Å². The smallest absolute Gasteiger partial charge is 0.479 e. The molecule has 3 aromatic rings. The number of benzene rings is 3. The van der Waals surface area contributed by atoms with E-state index in [2.05, 4.69) is 10.1 Å². The summed E-state index contributed by atoms with van der Waals surface area (Å²) in [7, 11) is 0. The van der Waals surface area contributed by atoms with Gasteiger partial charge in [0.15, 0.2) is 17.7 Å². The van der Waals surface area contributed by atoms with E-state index >= 15 is 0 Å². The number of rotatable bonds is 10. The van der Waals surface area contributed by atoms with E-state index in [-0.39, 0.29) is 27.7 Å². The van der Waals surface area contributed by atoms with Crippen LogP contribution in [-0.4, -0.2) is 52.7 Å². The van der Waals surface area contributed by atoms with Gasteiger partial charge in [-0.25, -0.2) is 4.79 Å². The quantitative estimate of drug-likeness (QED) is 0.221. The summed E-state index contributed by atoms with van der Waals surface area (Å²) < 4.78 is 41.8. The molecule has 0 saturated carbocycles. The Labute approximate surface area is 239 Å². The van der Waals surface area contributed by atoms with Gasteiger partial charge in [-0.2, -0.15) is 0 Å². The third kappa shape index (κ3) is 8.61. The van der Waals surface area contributed by atoms with Crippen LogP contribution in [0.2, 0.25) is 0 Å². The first-order chi connectivity index (χ1) is 19.5. The number of allylic oxidation sites excluding steroid dienone is 2. The zero-order chi connectivity index (χ0) is 31.2. The minimum Gasteiger partial charge on any atom is -0.479 e. The third-order valence-electron chi connectivity index (χ3n) is 6.10. The molecule has 0 aliphatic rings. The molecule has 3 aromatic carbocycles. The predicted molar refractivity (Wildman–Crippen MR) is 147 cm³/mol. The Morgan fingerprint density at radius 1 is 0.810 bits per heavy atom. The Bertz CT molecular complexity index is 1490. The summed E-state index contributed by atoms with van der Waals surface area (Å²) in [4.78, 5) is 49.7. The highest BCUT2D eigenvalue weighted by atomic mass is 19.4. The third-order valence-corrected chi connectivity index (χ3v) is 6.10. The van der Waals surface area contributed by atoms with E-state index < -0.39 is 48.2 Å². The number of nitrogens with one attached hydrogen (secondary N) is 1. The maximum Gasteiger partial charge on any atom is 0.573 e. The molecule has 0 aliphatic heterocycles. The largest absolute Gasteiger partial charge is 0.573 e. The molecular weight excluding hydrogens is 555 g/mol. The summed E-state index contributed by atoms with van der Waals surface area (Å²) in [5.74, 6) is -3.87. The average Bonchev–Trinajstić information content (AvgIpc) is 2.93. The van der Waals surface area contributed by atoms with Gasteiger partial charge in [0.1, 0.15) is 5.75 Å². The number of carboxylic acid groups (broad SMARTS) is 1. The fraction of sp³-hybridized carbons (Fsp3) is 0.226. The Morgan fingerprint density at radius 2 is 1.31 bits per heavy atom. The van der Waals surface area contributed by atoms with Crippen LogP contribution in [-0.2, 0) is 10.2 Å². The van der Waals surface area contributed by atoms with Crippen LogP contribution >= 0.6 is 0 Å². The standard InChI is InChI=1S/C31H28F3NO7/c1-30(2,3)22-12-8-19(9-13-22)25(36)16-24(18-10-14-23(15-11-18)42-31(32,33)34)27(38)20-4-6-21(7-5-20)28(39)35-17-26(37)29(40)41/h4-16,26,37H,17H2,1-3H3,(H,35,39)(H,40,41)/b24-16+. The lowest BCUT2D eigenvalue weighted by Gasteiger charge is -2.18. The number of aliphatic carboxylic acids is 1. The summed E-state index contributed by atoms with van der Waals surface area (Å²) in [5, 5.41) is 20.3. The molecule has 11 heteroatoms. The summed E-state index contributed by atoms with van der Waals surface area (Å²) in [6.07, 6.45) is -5.61. The minimum absolute atomic E-state index is 0.0647. The Balaban J connectivity index is 1.93. The number of carbonyl (C=O) groups excluding carboxylic acids is 3. The van der Waals surface area contributed by atoms with Gasteiger partial charge in [-0.3, -0.25) is 14.4 Å². The normalized spacial score (nSPS) is 12.8. The maximum atomic E-state index is 13.6. The van der Waals surface area contributed by atoms with Gasteiger partial charge in [0.25, 0.3) is 5.91 Å². The number of hydrogen-bond donors (Lipinski definition) is 3. The molecule has 1 unspecified atom stereocenters. The molecule has 0 saturated heterocycles. The second-order valence-corrected chi connectivity index (χ2v) is 10.3. The van der Waals surface area contributed by atoms with Crippen molar-refractivity contribution in [3.05, 3.63) is 107 Å². The van der Waals surface area contributed by atoms with Crippen molar-refractivity contribution >= 4 is 29.0 Å². The van der Waals surface area contributed by atoms with Crippen molar-refractivity contribution in [3.8, 4) is 5.75 Å². The topological polar surface area (TPSA) is 130 Å². The maximum absolute atomic E-state index is 13.6. The first kappa shape index (κ1) is 31.8. The monoisotopic (exact) mass is 583 g/mol. The molecule has 0 bridgehead atoms. The molecule has 0 fully saturated rings. The lowest BCUT2D eigenvalue weighted by atomic mass is 9.86. The number of halogens is 3. The number of ketones is 2. The molecule has 42 heavy (non-hydrogen) atoms. The van der Waals surface area contributed by atoms with Crippen molar-refractivity contribution in [2.24, 2.45) is 0 Å². The Hall–Kier alpha value is -4.77. The second-order valence-electron chi connectivity index (χ2n) is 10.3. The highest BCUT2D eigenvalue weighted by Crippen LogP contribution is 2.28. The molecular formula is C31H28F3NO7. The molecule has 0 radical (unpaired) electrons. The molecule has 220 valence electrons. The Kier molecular flexibility index (Phi) is 9.69. The van der Waals surface area contributed by atoms with Gasteiger partial charge in [-0.1, -0.05) is 69.3 Å². The SMILES string of the molecule is CC(C)(C)c1ccc(C(=O)/C=C(/C(=O)c2ccc(C(=O)NCC(O)C(=O)O)cc2)c2ccc(OC(F)(F)F)cc2)cc1. The van der Waals surface area contributed by atoms with Crippen molar-refractivity contribution in [3.63, 3.8) is 0 Å². The van der Waals surface area contributed by atoms with Gasteiger partial charge in [0, 0.05) is 22.3 Å².